The smallest absolute Gasteiger partial charge is 0.137 e. The molecule has 0 N–H and O–H groups in total. The summed E-state index contributed by atoms with van der Waals surface area (Å²) >= 11 is 0. The van der Waals surface area contributed by atoms with Crippen LogP contribution in [0.2, 0.25) is 0 Å². The van der Waals surface area contributed by atoms with Gasteiger partial charge in [-0.15, -0.1) is 0 Å². The number of hydrogen-bond acceptors (Lipinski definition) is 3. The second-order valence-electron chi connectivity index (χ2n) is 4.90. The maximum Gasteiger partial charge on any atom is 0.137 e. The van der Waals surface area contributed by atoms with Gasteiger partial charge in [0, 0.05) is 6.54 Å². The van der Waals surface area contributed by atoms with Gasteiger partial charge in [0.2, 0.25) is 0 Å². The topological polar surface area (TPSA) is 29.5 Å². The number of aldehydes is 1. The maximum absolute atomic E-state index is 11.0. The van der Waals surface area contributed by atoms with E-state index in [-0.39, 0.29) is 6.04 Å². The lowest BCUT2D eigenvalue weighted by atomic mass is 10.0. The Labute approximate surface area is 109 Å². The standard InChI is InChI=1S/C15H21NO2/c1-13-5-4-7-15(11-13)18-10-9-16-8-3-2-6-14(16)12-17/h4-5,7,11-12,14H,2-3,6,8-10H2,1H3. The number of piperidine rings is 1. The third kappa shape index (κ3) is 3.57. The van der Waals surface area contributed by atoms with Gasteiger partial charge in [-0.05, 0) is 44.0 Å². The Kier molecular flexibility index (Phi) is 4.76. The molecule has 0 amide bonds. The van der Waals surface area contributed by atoms with Crippen molar-refractivity contribution in [2.24, 2.45) is 0 Å². The Balaban J connectivity index is 1.79. The van der Waals surface area contributed by atoms with E-state index in [0.717, 1.165) is 31.5 Å². The fourth-order valence-electron chi connectivity index (χ4n) is 2.43. The third-order valence-electron chi connectivity index (χ3n) is 3.46. The van der Waals surface area contributed by atoms with Gasteiger partial charge in [-0.25, -0.2) is 0 Å². The number of carbonyl (C=O) groups excluding carboxylic acids is 1. The van der Waals surface area contributed by atoms with Crippen LogP contribution in [0, 0.1) is 6.92 Å². The van der Waals surface area contributed by atoms with Gasteiger partial charge in [-0.3, -0.25) is 4.90 Å². The van der Waals surface area contributed by atoms with E-state index in [1.165, 1.54) is 18.4 Å². The molecular weight excluding hydrogens is 226 g/mol. The molecule has 18 heavy (non-hydrogen) atoms. The molecule has 1 unspecified atom stereocenters. The van der Waals surface area contributed by atoms with Gasteiger partial charge in [0.05, 0.1) is 6.04 Å². The summed E-state index contributed by atoms with van der Waals surface area (Å²) in [7, 11) is 0. The number of likely N-dealkylation sites (tertiary alicyclic amines) is 1. The fraction of sp³-hybridized carbons (Fsp3) is 0.533. The number of benzene rings is 1. The minimum Gasteiger partial charge on any atom is -0.492 e. The summed E-state index contributed by atoms with van der Waals surface area (Å²) < 4.78 is 5.72. The SMILES string of the molecule is Cc1cccc(OCCN2CCCCC2C=O)c1. The lowest BCUT2D eigenvalue weighted by Crippen LogP contribution is -2.42. The molecule has 1 aromatic carbocycles. The molecule has 1 aromatic rings. The van der Waals surface area contributed by atoms with Crippen molar-refractivity contribution in [2.75, 3.05) is 19.7 Å². The molecule has 3 nitrogen and oxygen atoms in total. The van der Waals surface area contributed by atoms with Crippen LogP contribution < -0.4 is 4.74 Å². The summed E-state index contributed by atoms with van der Waals surface area (Å²) in [5, 5.41) is 0. The van der Waals surface area contributed by atoms with E-state index >= 15 is 0 Å². The van der Waals surface area contributed by atoms with Crippen LogP contribution in [0.4, 0.5) is 0 Å². The molecular formula is C15H21NO2. The van der Waals surface area contributed by atoms with Gasteiger partial charge < -0.3 is 9.53 Å². The molecule has 1 aliphatic heterocycles. The van der Waals surface area contributed by atoms with Gasteiger partial charge in [-0.1, -0.05) is 18.6 Å². The van der Waals surface area contributed by atoms with E-state index < -0.39 is 0 Å². The highest BCUT2D eigenvalue weighted by atomic mass is 16.5. The Bertz CT molecular complexity index is 392. The molecule has 0 saturated carbocycles. The summed E-state index contributed by atoms with van der Waals surface area (Å²) in [6.07, 6.45) is 4.42. The molecule has 1 atom stereocenters. The predicted molar refractivity (Wildman–Crippen MR) is 72.0 cm³/mol. The number of aryl methyl sites for hydroxylation is 1. The summed E-state index contributed by atoms with van der Waals surface area (Å²) in [4.78, 5) is 13.2. The van der Waals surface area contributed by atoms with E-state index in [0.29, 0.717) is 6.61 Å². The van der Waals surface area contributed by atoms with Crippen LogP contribution in [0.5, 0.6) is 5.75 Å². The van der Waals surface area contributed by atoms with Crippen molar-refractivity contribution in [1.29, 1.82) is 0 Å². The van der Waals surface area contributed by atoms with Crippen LogP contribution in [0.3, 0.4) is 0 Å². The molecule has 0 radical (unpaired) electrons. The lowest BCUT2D eigenvalue weighted by Gasteiger charge is -2.31. The van der Waals surface area contributed by atoms with Gasteiger partial charge in [0.15, 0.2) is 0 Å². The lowest BCUT2D eigenvalue weighted by molar-refractivity contribution is -0.113. The summed E-state index contributed by atoms with van der Waals surface area (Å²) in [6.45, 7) is 4.55. The van der Waals surface area contributed by atoms with Crippen LogP contribution in [0.15, 0.2) is 24.3 Å². The second kappa shape index (κ2) is 6.55. The molecule has 98 valence electrons. The van der Waals surface area contributed by atoms with E-state index in [1.807, 2.05) is 18.2 Å². The number of nitrogens with zero attached hydrogens (tertiary/aromatic N) is 1. The van der Waals surface area contributed by atoms with Crippen molar-refractivity contribution in [3.05, 3.63) is 29.8 Å². The Morgan fingerprint density at radius 1 is 1.44 bits per heavy atom. The average molecular weight is 247 g/mol. The molecule has 1 saturated heterocycles. The number of ether oxygens (including phenoxy) is 1. The first-order chi connectivity index (χ1) is 8.79. The zero-order valence-electron chi connectivity index (χ0n) is 11.0. The van der Waals surface area contributed by atoms with Crippen LogP contribution in [0.1, 0.15) is 24.8 Å². The largest absolute Gasteiger partial charge is 0.492 e. The molecule has 1 fully saturated rings. The third-order valence-corrected chi connectivity index (χ3v) is 3.46. The highest BCUT2D eigenvalue weighted by molar-refractivity contribution is 5.57. The van der Waals surface area contributed by atoms with Gasteiger partial charge >= 0.3 is 0 Å². The Morgan fingerprint density at radius 2 is 2.33 bits per heavy atom. The van der Waals surface area contributed by atoms with Crippen LogP contribution in [-0.4, -0.2) is 36.9 Å². The molecule has 2 rings (SSSR count). The number of hydrogen-bond donors (Lipinski definition) is 0. The number of carbonyl (C=O) groups is 1. The summed E-state index contributed by atoms with van der Waals surface area (Å²) in [5.41, 5.74) is 1.20. The first kappa shape index (κ1) is 13.1. The predicted octanol–water partition coefficient (Wildman–Crippen LogP) is 2.43. The highest BCUT2D eigenvalue weighted by Gasteiger charge is 2.21. The van der Waals surface area contributed by atoms with Crippen molar-refractivity contribution < 1.29 is 9.53 Å². The van der Waals surface area contributed by atoms with Crippen LogP contribution in [-0.2, 0) is 4.79 Å². The van der Waals surface area contributed by atoms with E-state index in [9.17, 15) is 4.79 Å². The monoisotopic (exact) mass is 247 g/mol. The number of rotatable bonds is 5. The van der Waals surface area contributed by atoms with Crippen LogP contribution >= 0.6 is 0 Å². The van der Waals surface area contributed by atoms with E-state index in [1.54, 1.807) is 0 Å². The normalized spacial score (nSPS) is 20.6. The highest BCUT2D eigenvalue weighted by Crippen LogP contribution is 2.16. The quantitative estimate of drug-likeness (QED) is 0.748. The minimum absolute atomic E-state index is 0.0971. The Morgan fingerprint density at radius 3 is 3.11 bits per heavy atom. The van der Waals surface area contributed by atoms with E-state index in [2.05, 4.69) is 17.9 Å². The van der Waals surface area contributed by atoms with Crippen molar-refractivity contribution in [1.82, 2.24) is 4.90 Å². The molecule has 3 heteroatoms. The van der Waals surface area contributed by atoms with Gasteiger partial charge in [0.25, 0.3) is 0 Å². The second-order valence-corrected chi connectivity index (χ2v) is 4.90. The van der Waals surface area contributed by atoms with Crippen molar-refractivity contribution in [3.8, 4) is 5.75 Å². The van der Waals surface area contributed by atoms with Crippen molar-refractivity contribution in [3.63, 3.8) is 0 Å². The van der Waals surface area contributed by atoms with Crippen LogP contribution in [0.25, 0.3) is 0 Å². The molecule has 0 bridgehead atoms. The zero-order chi connectivity index (χ0) is 12.8. The zero-order valence-corrected chi connectivity index (χ0v) is 11.0. The van der Waals surface area contributed by atoms with Gasteiger partial charge in [-0.2, -0.15) is 0 Å². The molecule has 1 heterocycles. The molecule has 0 aromatic heterocycles. The average Bonchev–Trinajstić information content (AvgIpc) is 2.39. The van der Waals surface area contributed by atoms with E-state index in [4.69, 9.17) is 4.74 Å². The molecule has 0 spiro atoms. The maximum atomic E-state index is 11.0. The fourth-order valence-corrected chi connectivity index (χ4v) is 2.43. The molecule has 0 aliphatic carbocycles. The minimum atomic E-state index is 0.0971. The molecule has 1 aliphatic rings. The summed E-state index contributed by atoms with van der Waals surface area (Å²) in [5.74, 6) is 0.912. The van der Waals surface area contributed by atoms with Crippen molar-refractivity contribution in [2.45, 2.75) is 32.2 Å². The van der Waals surface area contributed by atoms with Gasteiger partial charge in [0.1, 0.15) is 18.6 Å². The summed E-state index contributed by atoms with van der Waals surface area (Å²) in [6, 6.07) is 8.16. The first-order valence-corrected chi connectivity index (χ1v) is 6.68. The first-order valence-electron chi connectivity index (χ1n) is 6.68. The van der Waals surface area contributed by atoms with Crippen molar-refractivity contribution >= 4 is 6.29 Å². The Hall–Kier alpha value is -1.35.